The van der Waals surface area contributed by atoms with Gasteiger partial charge in [-0.05, 0) is 42.2 Å². The smallest absolute Gasteiger partial charge is 0.247 e. The van der Waals surface area contributed by atoms with Gasteiger partial charge in [-0.2, -0.15) is 0 Å². The minimum Gasteiger partial charge on any atom is -0.497 e. The van der Waals surface area contributed by atoms with Crippen LogP contribution >= 0.6 is 0 Å². The maximum atomic E-state index is 13.6. The number of nitrogens with zero attached hydrogens (tertiary/aromatic N) is 4. The number of rotatable bonds is 12. The highest BCUT2D eigenvalue weighted by atomic mass is 16.5. The molecule has 9 heteroatoms. The summed E-state index contributed by atoms with van der Waals surface area (Å²) in [5.41, 5.74) is 2.19. The van der Waals surface area contributed by atoms with Gasteiger partial charge in [0.1, 0.15) is 23.9 Å². The maximum absolute atomic E-state index is 13.6. The molecule has 0 aliphatic heterocycles. The van der Waals surface area contributed by atoms with Crippen LogP contribution in [0.25, 0.3) is 11.0 Å². The fourth-order valence-corrected chi connectivity index (χ4v) is 3.68. The van der Waals surface area contributed by atoms with Crippen LogP contribution in [-0.4, -0.2) is 65.6 Å². The van der Waals surface area contributed by atoms with Crippen LogP contribution in [0.15, 0.2) is 48.5 Å². The van der Waals surface area contributed by atoms with Crippen molar-refractivity contribution in [2.75, 3.05) is 33.9 Å². The molecule has 9 nitrogen and oxygen atoms in total. The van der Waals surface area contributed by atoms with E-state index in [2.05, 4.69) is 29.5 Å². The number of ether oxygens (including phenoxy) is 2. The molecule has 0 aliphatic rings. The van der Waals surface area contributed by atoms with Crippen LogP contribution in [-0.2, 0) is 20.9 Å². The number of fused-ring (bicyclic) bond motifs is 1. The third-order valence-corrected chi connectivity index (χ3v) is 5.57. The minimum atomic E-state index is -0.802. The molecule has 3 rings (SSSR count). The molecule has 3 aromatic rings. The number of carbonyl (C=O) groups is 2. The average molecular weight is 468 g/mol. The van der Waals surface area contributed by atoms with Crippen molar-refractivity contribution in [1.82, 2.24) is 25.2 Å². The van der Waals surface area contributed by atoms with E-state index in [0.29, 0.717) is 42.4 Å². The lowest BCUT2D eigenvalue weighted by molar-refractivity contribution is -0.141. The molecule has 0 radical (unpaired) electrons. The predicted octanol–water partition coefficient (Wildman–Crippen LogP) is 2.82. The summed E-state index contributed by atoms with van der Waals surface area (Å²) in [6.07, 6.45) is 0.752. The van der Waals surface area contributed by atoms with E-state index in [9.17, 15) is 9.59 Å². The topological polar surface area (TPSA) is 98.6 Å². The molecule has 1 heterocycles. The molecule has 1 aromatic heterocycles. The number of hydrogen-bond donors (Lipinski definition) is 1. The Hall–Kier alpha value is -3.46. The zero-order valence-corrected chi connectivity index (χ0v) is 20.2. The number of hydrogen-bond acceptors (Lipinski definition) is 6. The molecule has 1 unspecified atom stereocenters. The average Bonchev–Trinajstić information content (AvgIpc) is 3.24. The summed E-state index contributed by atoms with van der Waals surface area (Å²) in [4.78, 5) is 28.6. The molecule has 2 aromatic carbocycles. The first kappa shape index (κ1) is 25.2. The Labute approximate surface area is 200 Å². The minimum absolute atomic E-state index is 0.0172. The highest BCUT2D eigenvalue weighted by Crippen LogP contribution is 2.25. The van der Waals surface area contributed by atoms with Crippen LogP contribution in [0.3, 0.4) is 0 Å². The van der Waals surface area contributed by atoms with E-state index in [1.54, 1.807) is 35.9 Å². The number of carbonyl (C=O) groups excluding carboxylic acids is 2. The molecule has 2 amide bonds. The monoisotopic (exact) mass is 467 g/mol. The SMILES string of the molecule is COCCNC(=O)C(c1ccc(OC)cc1)N(CCC(C)C)C(=O)Cn1nnc2ccccc21. The molecule has 34 heavy (non-hydrogen) atoms. The lowest BCUT2D eigenvalue weighted by Crippen LogP contribution is -2.46. The molecule has 182 valence electrons. The molecule has 0 fully saturated rings. The zero-order chi connectivity index (χ0) is 24.5. The van der Waals surface area contributed by atoms with E-state index >= 15 is 0 Å². The van der Waals surface area contributed by atoms with E-state index in [4.69, 9.17) is 9.47 Å². The Morgan fingerprint density at radius 1 is 1.09 bits per heavy atom. The van der Waals surface area contributed by atoms with Gasteiger partial charge in [-0.3, -0.25) is 9.59 Å². The molecule has 0 spiro atoms. The van der Waals surface area contributed by atoms with Crippen LogP contribution in [0.5, 0.6) is 5.75 Å². The van der Waals surface area contributed by atoms with Gasteiger partial charge in [-0.1, -0.05) is 43.3 Å². The molecule has 1 N–H and O–H groups in total. The third kappa shape index (κ3) is 6.32. The van der Waals surface area contributed by atoms with Crippen molar-refractivity contribution >= 4 is 22.8 Å². The van der Waals surface area contributed by atoms with E-state index in [-0.39, 0.29) is 18.4 Å². The second-order valence-corrected chi connectivity index (χ2v) is 8.46. The van der Waals surface area contributed by atoms with Gasteiger partial charge < -0.3 is 19.7 Å². The Kier molecular flexibility index (Phi) is 8.98. The quantitative estimate of drug-likeness (QED) is 0.411. The fraction of sp³-hybridized carbons (Fsp3) is 0.440. The first-order valence-corrected chi connectivity index (χ1v) is 11.4. The number of para-hydroxylation sites is 1. The van der Waals surface area contributed by atoms with Gasteiger partial charge in [0.05, 0.1) is 19.2 Å². The van der Waals surface area contributed by atoms with Gasteiger partial charge in [-0.25, -0.2) is 4.68 Å². The number of aromatic nitrogens is 3. The number of amides is 2. The molecule has 1 atom stereocenters. The van der Waals surface area contributed by atoms with Gasteiger partial charge in [-0.15, -0.1) is 5.10 Å². The van der Waals surface area contributed by atoms with Crippen molar-refractivity contribution in [3.05, 3.63) is 54.1 Å². The Morgan fingerprint density at radius 3 is 2.50 bits per heavy atom. The highest BCUT2D eigenvalue weighted by molar-refractivity contribution is 5.89. The van der Waals surface area contributed by atoms with Crippen molar-refractivity contribution < 1.29 is 19.1 Å². The summed E-state index contributed by atoms with van der Waals surface area (Å²) in [6.45, 7) is 5.32. The normalized spacial score (nSPS) is 12.0. The Balaban J connectivity index is 1.94. The fourth-order valence-electron chi connectivity index (χ4n) is 3.68. The van der Waals surface area contributed by atoms with Crippen LogP contribution in [0.4, 0.5) is 0 Å². The molecular formula is C25H33N5O4. The summed E-state index contributed by atoms with van der Waals surface area (Å²) >= 11 is 0. The van der Waals surface area contributed by atoms with E-state index in [1.807, 2.05) is 36.4 Å². The second-order valence-electron chi connectivity index (χ2n) is 8.46. The van der Waals surface area contributed by atoms with Crippen molar-refractivity contribution in [2.45, 2.75) is 32.9 Å². The largest absolute Gasteiger partial charge is 0.497 e. The van der Waals surface area contributed by atoms with E-state index < -0.39 is 6.04 Å². The molecule has 0 saturated heterocycles. The summed E-state index contributed by atoms with van der Waals surface area (Å²) in [6, 6.07) is 13.9. The summed E-state index contributed by atoms with van der Waals surface area (Å²) in [5.74, 6) is 0.564. The first-order valence-electron chi connectivity index (χ1n) is 11.4. The van der Waals surface area contributed by atoms with Gasteiger partial charge in [0, 0.05) is 20.2 Å². The van der Waals surface area contributed by atoms with Crippen molar-refractivity contribution in [3.8, 4) is 5.75 Å². The van der Waals surface area contributed by atoms with E-state index in [1.165, 1.54) is 0 Å². The highest BCUT2D eigenvalue weighted by Gasteiger charge is 2.31. The maximum Gasteiger partial charge on any atom is 0.247 e. The van der Waals surface area contributed by atoms with Crippen LogP contribution in [0.1, 0.15) is 31.9 Å². The summed E-state index contributed by atoms with van der Waals surface area (Å²) < 4.78 is 11.9. The summed E-state index contributed by atoms with van der Waals surface area (Å²) in [5, 5.41) is 11.2. The lowest BCUT2D eigenvalue weighted by Gasteiger charge is -2.32. The first-order chi connectivity index (χ1) is 16.4. The van der Waals surface area contributed by atoms with Crippen LogP contribution < -0.4 is 10.1 Å². The van der Waals surface area contributed by atoms with Gasteiger partial charge >= 0.3 is 0 Å². The number of nitrogens with one attached hydrogen (secondary N) is 1. The number of methoxy groups -OCH3 is 2. The lowest BCUT2D eigenvalue weighted by atomic mass is 10.0. The van der Waals surface area contributed by atoms with Crippen molar-refractivity contribution in [1.29, 1.82) is 0 Å². The standard InChI is InChI=1S/C25H33N5O4/c1-18(2)13-15-29(23(31)17-30-22-8-6-5-7-21(22)27-28-30)24(25(32)26-14-16-33-3)19-9-11-20(34-4)12-10-19/h5-12,18,24H,13-17H2,1-4H3,(H,26,32). The Morgan fingerprint density at radius 2 is 1.82 bits per heavy atom. The van der Waals surface area contributed by atoms with Crippen molar-refractivity contribution in [2.24, 2.45) is 5.92 Å². The molecule has 0 aliphatic carbocycles. The molecule has 0 bridgehead atoms. The Bertz CT molecular complexity index is 1080. The third-order valence-electron chi connectivity index (χ3n) is 5.57. The van der Waals surface area contributed by atoms with Gasteiger partial charge in [0.25, 0.3) is 0 Å². The van der Waals surface area contributed by atoms with Crippen LogP contribution in [0, 0.1) is 5.92 Å². The van der Waals surface area contributed by atoms with Crippen LogP contribution in [0.2, 0.25) is 0 Å². The molecule has 0 saturated carbocycles. The van der Waals surface area contributed by atoms with Crippen molar-refractivity contribution in [3.63, 3.8) is 0 Å². The van der Waals surface area contributed by atoms with Gasteiger partial charge in [0.2, 0.25) is 11.8 Å². The predicted molar refractivity (Wildman–Crippen MR) is 129 cm³/mol. The second kappa shape index (κ2) is 12.1. The molecular weight excluding hydrogens is 434 g/mol. The van der Waals surface area contributed by atoms with E-state index in [0.717, 1.165) is 11.9 Å². The zero-order valence-electron chi connectivity index (χ0n) is 20.2. The number of benzene rings is 2. The van der Waals surface area contributed by atoms with Gasteiger partial charge in [0.15, 0.2) is 0 Å². The summed E-state index contributed by atoms with van der Waals surface area (Å²) in [7, 11) is 3.17.